The van der Waals surface area contributed by atoms with E-state index < -0.39 is 26.5 Å². The lowest BCUT2D eigenvalue weighted by molar-refractivity contribution is -0.161. The zero-order valence-electron chi connectivity index (χ0n) is 32.4. The molecule has 0 aliphatic heterocycles. The SMILES string of the molecule is CCCCCCCCCCCCC/C=C\CCC(=O)OC(COC(=O)CCCCCCCCCCCCCCCC)COP(=O)(O)OCCN. The van der Waals surface area contributed by atoms with E-state index in [1.54, 1.807) is 0 Å². The summed E-state index contributed by atoms with van der Waals surface area (Å²) in [5.41, 5.74) is 5.34. The molecular weight excluding hydrogens is 653 g/mol. The van der Waals surface area contributed by atoms with Crippen LogP contribution in [0.15, 0.2) is 12.2 Å². The Bertz CT molecular complexity index is 840. The maximum Gasteiger partial charge on any atom is 0.472 e. The van der Waals surface area contributed by atoms with Crippen LogP contribution in [0.25, 0.3) is 0 Å². The first kappa shape index (κ1) is 48.8. The molecule has 0 spiro atoms. The van der Waals surface area contributed by atoms with Gasteiger partial charge in [0, 0.05) is 19.4 Å². The van der Waals surface area contributed by atoms with E-state index in [-0.39, 0.29) is 38.6 Å². The maximum absolute atomic E-state index is 12.5. The van der Waals surface area contributed by atoms with Crippen molar-refractivity contribution in [3.63, 3.8) is 0 Å². The Morgan fingerprint density at radius 3 is 1.50 bits per heavy atom. The number of nitrogens with two attached hydrogens (primary N) is 1. The minimum Gasteiger partial charge on any atom is -0.462 e. The van der Waals surface area contributed by atoms with Gasteiger partial charge in [0.05, 0.1) is 13.2 Å². The van der Waals surface area contributed by atoms with Crippen LogP contribution in [0.4, 0.5) is 0 Å². The molecule has 0 radical (unpaired) electrons. The quantitative estimate of drug-likeness (QED) is 0.0274. The number of phosphoric ester groups is 1. The van der Waals surface area contributed by atoms with E-state index in [1.807, 2.05) is 6.08 Å². The molecule has 3 N–H and O–H groups in total. The summed E-state index contributed by atoms with van der Waals surface area (Å²) in [7, 11) is -4.38. The summed E-state index contributed by atoms with van der Waals surface area (Å²) in [6, 6.07) is 0. The number of phosphoric acid groups is 1. The first-order chi connectivity index (χ1) is 24.3. The second-order valence-corrected chi connectivity index (χ2v) is 15.3. The van der Waals surface area contributed by atoms with Crippen molar-refractivity contribution in [2.75, 3.05) is 26.4 Å². The number of allylic oxidation sites excluding steroid dienone is 2. The molecule has 0 rings (SSSR count). The number of ether oxygens (including phenoxy) is 2. The molecule has 0 aromatic heterocycles. The lowest BCUT2D eigenvalue weighted by Crippen LogP contribution is -2.29. The number of unbranched alkanes of at least 4 members (excludes halogenated alkanes) is 24. The molecule has 0 saturated carbocycles. The van der Waals surface area contributed by atoms with Crippen molar-refractivity contribution in [1.82, 2.24) is 0 Å². The molecule has 296 valence electrons. The van der Waals surface area contributed by atoms with E-state index in [2.05, 4.69) is 19.9 Å². The fraction of sp³-hybridized carbons (Fsp3) is 0.900. The van der Waals surface area contributed by atoms with Crippen molar-refractivity contribution in [2.24, 2.45) is 5.73 Å². The first-order valence-corrected chi connectivity index (χ1v) is 22.2. The summed E-state index contributed by atoms with van der Waals surface area (Å²) in [5, 5.41) is 0. The number of carbonyl (C=O) groups excluding carboxylic acids is 2. The van der Waals surface area contributed by atoms with Gasteiger partial charge in [-0.3, -0.25) is 18.6 Å². The summed E-state index contributed by atoms with van der Waals surface area (Å²) in [4.78, 5) is 34.7. The van der Waals surface area contributed by atoms with Gasteiger partial charge >= 0.3 is 19.8 Å². The van der Waals surface area contributed by atoms with Crippen molar-refractivity contribution in [3.05, 3.63) is 12.2 Å². The highest BCUT2D eigenvalue weighted by molar-refractivity contribution is 7.47. The topological polar surface area (TPSA) is 134 Å². The molecule has 0 aromatic rings. The van der Waals surface area contributed by atoms with Gasteiger partial charge in [0.25, 0.3) is 0 Å². The third-order valence-corrected chi connectivity index (χ3v) is 9.90. The number of hydrogen-bond donors (Lipinski definition) is 2. The average molecular weight is 732 g/mol. The zero-order chi connectivity index (χ0) is 36.8. The molecular formula is C40H78NO8P. The first-order valence-electron chi connectivity index (χ1n) is 20.7. The van der Waals surface area contributed by atoms with Crippen molar-refractivity contribution in [3.8, 4) is 0 Å². The Labute approximate surface area is 307 Å². The van der Waals surface area contributed by atoms with Crippen molar-refractivity contribution in [2.45, 2.75) is 206 Å². The molecule has 9 nitrogen and oxygen atoms in total. The molecule has 0 amide bonds. The van der Waals surface area contributed by atoms with Gasteiger partial charge in [0.15, 0.2) is 6.10 Å². The van der Waals surface area contributed by atoms with Crippen LogP contribution in [0, 0.1) is 0 Å². The summed E-state index contributed by atoms with van der Waals surface area (Å²) in [6.45, 7) is 3.71. The van der Waals surface area contributed by atoms with E-state index in [0.29, 0.717) is 6.42 Å². The Hall–Kier alpha value is -1.25. The fourth-order valence-electron chi connectivity index (χ4n) is 5.83. The molecule has 0 bridgehead atoms. The Morgan fingerprint density at radius 2 is 1.02 bits per heavy atom. The fourth-order valence-corrected chi connectivity index (χ4v) is 6.59. The van der Waals surface area contributed by atoms with E-state index in [0.717, 1.165) is 32.1 Å². The molecule has 0 heterocycles. The lowest BCUT2D eigenvalue weighted by atomic mass is 10.0. The Morgan fingerprint density at radius 1 is 0.580 bits per heavy atom. The molecule has 0 aliphatic carbocycles. The van der Waals surface area contributed by atoms with Gasteiger partial charge < -0.3 is 20.1 Å². The smallest absolute Gasteiger partial charge is 0.462 e. The molecule has 0 saturated heterocycles. The highest BCUT2D eigenvalue weighted by Gasteiger charge is 2.25. The third kappa shape index (κ3) is 36.5. The minimum absolute atomic E-state index is 0.0516. The Balaban J connectivity index is 4.20. The molecule has 10 heteroatoms. The van der Waals surface area contributed by atoms with E-state index >= 15 is 0 Å². The summed E-state index contributed by atoms with van der Waals surface area (Å²) in [6.07, 6.45) is 36.8. The van der Waals surface area contributed by atoms with E-state index in [9.17, 15) is 19.0 Å². The van der Waals surface area contributed by atoms with Gasteiger partial charge in [-0.1, -0.05) is 174 Å². The van der Waals surface area contributed by atoms with Crippen molar-refractivity contribution < 1.29 is 37.6 Å². The van der Waals surface area contributed by atoms with Gasteiger partial charge in [-0.25, -0.2) is 4.57 Å². The molecule has 0 fully saturated rings. The highest BCUT2D eigenvalue weighted by Crippen LogP contribution is 2.43. The number of esters is 2. The summed E-state index contributed by atoms with van der Waals surface area (Å²) < 4.78 is 32.7. The second-order valence-electron chi connectivity index (χ2n) is 13.9. The lowest BCUT2D eigenvalue weighted by Gasteiger charge is -2.19. The standard InChI is InChI=1S/C40H78NO8P/c1-3-5-7-9-11-13-15-17-19-21-23-25-27-29-31-33-40(43)49-38(37-48-50(44,45)47-35-34-41)36-46-39(42)32-30-28-26-24-22-20-18-16-14-12-10-8-6-4-2/h27,29,38H,3-26,28,30-37,41H2,1-2H3,(H,44,45)/b29-27-. The van der Waals surface area contributed by atoms with Crippen LogP contribution >= 0.6 is 7.82 Å². The van der Waals surface area contributed by atoms with Gasteiger partial charge in [0.1, 0.15) is 6.61 Å². The predicted octanol–water partition coefficient (Wildman–Crippen LogP) is 11.4. The van der Waals surface area contributed by atoms with Crippen LogP contribution in [0.2, 0.25) is 0 Å². The third-order valence-electron chi connectivity index (χ3n) is 8.91. The van der Waals surface area contributed by atoms with E-state index in [1.165, 1.54) is 135 Å². The van der Waals surface area contributed by atoms with Crippen LogP contribution in [-0.2, 0) is 32.7 Å². The monoisotopic (exact) mass is 732 g/mol. The largest absolute Gasteiger partial charge is 0.472 e. The van der Waals surface area contributed by atoms with E-state index in [4.69, 9.17) is 24.3 Å². The molecule has 0 aliphatic rings. The maximum atomic E-state index is 12.5. The molecule has 2 atom stereocenters. The second kappa shape index (κ2) is 37.5. The average Bonchev–Trinajstić information content (AvgIpc) is 3.10. The number of rotatable bonds is 39. The Kier molecular flexibility index (Phi) is 36.6. The predicted molar refractivity (Wildman–Crippen MR) is 206 cm³/mol. The zero-order valence-corrected chi connectivity index (χ0v) is 33.3. The van der Waals surface area contributed by atoms with Gasteiger partial charge in [-0.15, -0.1) is 0 Å². The van der Waals surface area contributed by atoms with Gasteiger partial charge in [-0.05, 0) is 25.7 Å². The molecule has 2 unspecified atom stereocenters. The molecule has 50 heavy (non-hydrogen) atoms. The highest BCUT2D eigenvalue weighted by atomic mass is 31.2. The van der Waals surface area contributed by atoms with Crippen LogP contribution in [0.3, 0.4) is 0 Å². The summed E-state index contributed by atoms with van der Waals surface area (Å²) in [5.74, 6) is -0.876. The number of carbonyl (C=O) groups is 2. The molecule has 0 aromatic carbocycles. The van der Waals surface area contributed by atoms with Crippen LogP contribution in [0.1, 0.15) is 200 Å². The summed E-state index contributed by atoms with van der Waals surface area (Å²) >= 11 is 0. The minimum atomic E-state index is -4.38. The van der Waals surface area contributed by atoms with Crippen LogP contribution < -0.4 is 5.73 Å². The van der Waals surface area contributed by atoms with Crippen molar-refractivity contribution >= 4 is 19.8 Å². The van der Waals surface area contributed by atoms with Gasteiger partial charge in [0.2, 0.25) is 0 Å². The van der Waals surface area contributed by atoms with Crippen molar-refractivity contribution in [1.29, 1.82) is 0 Å². The number of hydrogen-bond acceptors (Lipinski definition) is 8. The van der Waals surface area contributed by atoms with Crippen LogP contribution in [0.5, 0.6) is 0 Å². The normalized spacial score (nSPS) is 13.4. The van der Waals surface area contributed by atoms with Gasteiger partial charge in [-0.2, -0.15) is 0 Å². The van der Waals surface area contributed by atoms with Crippen LogP contribution in [-0.4, -0.2) is 49.3 Å².